The van der Waals surface area contributed by atoms with Crippen LogP contribution >= 0.6 is 0 Å². The van der Waals surface area contributed by atoms with E-state index in [2.05, 4.69) is 22.0 Å². The Morgan fingerprint density at radius 2 is 2.17 bits per heavy atom. The van der Waals surface area contributed by atoms with E-state index in [1.54, 1.807) is 6.20 Å². The molecule has 2 heterocycles. The van der Waals surface area contributed by atoms with Crippen LogP contribution in [-0.4, -0.2) is 15.1 Å². The number of hydrogen-bond acceptors (Lipinski definition) is 5. The van der Waals surface area contributed by atoms with Gasteiger partial charge in [-0.1, -0.05) is 32.0 Å². The van der Waals surface area contributed by atoms with Gasteiger partial charge in [0.05, 0.1) is 6.04 Å². The Bertz CT molecular complexity index is 521. The summed E-state index contributed by atoms with van der Waals surface area (Å²) in [5.74, 6) is 1.24. The van der Waals surface area contributed by atoms with E-state index >= 15 is 0 Å². The predicted molar refractivity (Wildman–Crippen MR) is 68.7 cm³/mol. The highest BCUT2D eigenvalue weighted by Crippen LogP contribution is 2.22. The van der Waals surface area contributed by atoms with Gasteiger partial charge in [0.1, 0.15) is 5.69 Å². The van der Waals surface area contributed by atoms with Crippen molar-refractivity contribution in [3.05, 3.63) is 29.8 Å². The SMILES string of the molecule is CCc1cccnc1-c1noc(C(N)C(C)C)n1. The molecule has 0 aromatic carbocycles. The van der Waals surface area contributed by atoms with Gasteiger partial charge in [-0.05, 0) is 24.0 Å². The topological polar surface area (TPSA) is 77.8 Å². The second-order valence-electron chi connectivity index (χ2n) is 4.59. The summed E-state index contributed by atoms with van der Waals surface area (Å²) in [4.78, 5) is 8.66. The third kappa shape index (κ3) is 2.41. The van der Waals surface area contributed by atoms with Crippen LogP contribution in [0.3, 0.4) is 0 Å². The van der Waals surface area contributed by atoms with Crippen LogP contribution in [0.1, 0.15) is 38.3 Å². The van der Waals surface area contributed by atoms with E-state index in [-0.39, 0.29) is 12.0 Å². The molecule has 0 aliphatic heterocycles. The minimum absolute atomic E-state index is 0.236. The summed E-state index contributed by atoms with van der Waals surface area (Å²) < 4.78 is 5.22. The zero-order valence-electron chi connectivity index (χ0n) is 10.9. The first-order valence-corrected chi connectivity index (χ1v) is 6.17. The largest absolute Gasteiger partial charge is 0.337 e. The average molecular weight is 246 g/mol. The van der Waals surface area contributed by atoms with Crippen molar-refractivity contribution in [1.29, 1.82) is 0 Å². The minimum atomic E-state index is -0.236. The molecule has 0 saturated heterocycles. The van der Waals surface area contributed by atoms with Gasteiger partial charge in [-0.15, -0.1) is 0 Å². The number of aromatic nitrogens is 3. The lowest BCUT2D eigenvalue weighted by atomic mass is 10.1. The first-order valence-electron chi connectivity index (χ1n) is 6.17. The number of nitrogens with two attached hydrogens (primary N) is 1. The number of rotatable bonds is 4. The lowest BCUT2D eigenvalue weighted by molar-refractivity contribution is 0.325. The summed E-state index contributed by atoms with van der Waals surface area (Å²) in [5.41, 5.74) is 7.85. The van der Waals surface area contributed by atoms with Crippen molar-refractivity contribution in [2.24, 2.45) is 11.7 Å². The fraction of sp³-hybridized carbons (Fsp3) is 0.462. The molecule has 1 unspecified atom stereocenters. The van der Waals surface area contributed by atoms with Gasteiger partial charge in [0, 0.05) is 6.20 Å². The lowest BCUT2D eigenvalue weighted by Gasteiger charge is -2.09. The van der Waals surface area contributed by atoms with Crippen molar-refractivity contribution in [1.82, 2.24) is 15.1 Å². The monoisotopic (exact) mass is 246 g/mol. The Labute approximate surface area is 106 Å². The van der Waals surface area contributed by atoms with Crippen molar-refractivity contribution in [3.8, 4) is 11.5 Å². The molecule has 96 valence electrons. The molecule has 0 fully saturated rings. The normalized spacial score (nSPS) is 12.9. The Kier molecular flexibility index (Phi) is 3.72. The Morgan fingerprint density at radius 3 is 2.83 bits per heavy atom. The second-order valence-corrected chi connectivity index (χ2v) is 4.59. The molecule has 5 heteroatoms. The highest BCUT2D eigenvalue weighted by Gasteiger charge is 2.20. The molecule has 1 atom stereocenters. The summed E-state index contributed by atoms with van der Waals surface area (Å²) >= 11 is 0. The molecule has 2 N–H and O–H groups in total. The number of aryl methyl sites for hydroxylation is 1. The molecule has 18 heavy (non-hydrogen) atoms. The molecule has 0 bridgehead atoms. The maximum absolute atomic E-state index is 5.98. The number of nitrogens with zero attached hydrogens (tertiary/aromatic N) is 3. The van der Waals surface area contributed by atoms with Gasteiger partial charge in [-0.3, -0.25) is 4.98 Å². The Balaban J connectivity index is 2.35. The van der Waals surface area contributed by atoms with Crippen LogP contribution in [0, 0.1) is 5.92 Å². The quantitative estimate of drug-likeness (QED) is 0.895. The number of hydrogen-bond donors (Lipinski definition) is 1. The average Bonchev–Trinajstić information content (AvgIpc) is 2.87. The van der Waals surface area contributed by atoms with Crippen molar-refractivity contribution < 1.29 is 4.52 Å². The molecular formula is C13H18N4O. The summed E-state index contributed by atoms with van der Waals surface area (Å²) in [6.45, 7) is 6.11. The Morgan fingerprint density at radius 1 is 1.39 bits per heavy atom. The van der Waals surface area contributed by atoms with Crippen molar-refractivity contribution in [2.75, 3.05) is 0 Å². The summed E-state index contributed by atoms with van der Waals surface area (Å²) in [6, 6.07) is 3.68. The van der Waals surface area contributed by atoms with Crippen LogP contribution in [0.4, 0.5) is 0 Å². The summed E-state index contributed by atoms with van der Waals surface area (Å²) in [5, 5.41) is 3.97. The van der Waals surface area contributed by atoms with E-state index in [1.807, 2.05) is 26.0 Å². The fourth-order valence-electron chi connectivity index (χ4n) is 1.68. The van der Waals surface area contributed by atoms with Gasteiger partial charge in [0.15, 0.2) is 0 Å². The van der Waals surface area contributed by atoms with E-state index in [4.69, 9.17) is 10.3 Å². The van der Waals surface area contributed by atoms with Crippen LogP contribution in [0.25, 0.3) is 11.5 Å². The summed E-state index contributed by atoms with van der Waals surface area (Å²) in [7, 11) is 0. The Hall–Kier alpha value is -1.75. The van der Waals surface area contributed by atoms with Crippen LogP contribution < -0.4 is 5.73 Å². The van der Waals surface area contributed by atoms with Crippen LogP contribution in [-0.2, 0) is 6.42 Å². The molecule has 2 rings (SSSR count). The van der Waals surface area contributed by atoms with Gasteiger partial charge >= 0.3 is 0 Å². The molecule has 0 aliphatic carbocycles. The van der Waals surface area contributed by atoms with E-state index in [0.29, 0.717) is 11.7 Å². The van der Waals surface area contributed by atoms with Crippen LogP contribution in [0.15, 0.2) is 22.9 Å². The second kappa shape index (κ2) is 5.27. The lowest BCUT2D eigenvalue weighted by Crippen LogP contribution is -2.16. The first-order chi connectivity index (χ1) is 8.63. The molecule has 2 aromatic rings. The predicted octanol–water partition coefficient (Wildman–Crippen LogP) is 2.35. The molecular weight excluding hydrogens is 228 g/mol. The van der Waals surface area contributed by atoms with Crippen LogP contribution in [0.2, 0.25) is 0 Å². The molecule has 0 spiro atoms. The zero-order chi connectivity index (χ0) is 13.1. The fourth-order valence-corrected chi connectivity index (χ4v) is 1.68. The van der Waals surface area contributed by atoms with E-state index in [9.17, 15) is 0 Å². The zero-order valence-corrected chi connectivity index (χ0v) is 10.9. The third-order valence-corrected chi connectivity index (χ3v) is 2.93. The van der Waals surface area contributed by atoms with Gasteiger partial charge in [0.2, 0.25) is 11.7 Å². The maximum Gasteiger partial charge on any atom is 0.244 e. The minimum Gasteiger partial charge on any atom is -0.337 e. The highest BCUT2D eigenvalue weighted by atomic mass is 16.5. The van der Waals surface area contributed by atoms with Gasteiger partial charge in [0.25, 0.3) is 0 Å². The van der Waals surface area contributed by atoms with Crippen molar-refractivity contribution >= 4 is 0 Å². The first kappa shape index (κ1) is 12.7. The molecule has 0 aliphatic rings. The summed E-state index contributed by atoms with van der Waals surface area (Å²) in [6.07, 6.45) is 2.61. The molecule has 2 aromatic heterocycles. The van der Waals surface area contributed by atoms with Crippen molar-refractivity contribution in [2.45, 2.75) is 33.2 Å². The maximum atomic E-state index is 5.98. The highest BCUT2D eigenvalue weighted by molar-refractivity contribution is 5.53. The molecule has 0 saturated carbocycles. The van der Waals surface area contributed by atoms with E-state index in [1.165, 1.54) is 0 Å². The van der Waals surface area contributed by atoms with Gasteiger partial charge < -0.3 is 10.3 Å². The van der Waals surface area contributed by atoms with Gasteiger partial charge in [-0.25, -0.2) is 0 Å². The van der Waals surface area contributed by atoms with E-state index in [0.717, 1.165) is 17.7 Å². The van der Waals surface area contributed by atoms with E-state index < -0.39 is 0 Å². The smallest absolute Gasteiger partial charge is 0.244 e. The van der Waals surface area contributed by atoms with Gasteiger partial charge in [-0.2, -0.15) is 4.98 Å². The molecule has 0 amide bonds. The van der Waals surface area contributed by atoms with Crippen molar-refractivity contribution in [3.63, 3.8) is 0 Å². The standard InChI is InChI=1S/C13H18N4O/c1-4-9-6-5-7-15-11(9)12-16-13(18-17-12)10(14)8(2)3/h5-8,10H,4,14H2,1-3H3. The number of pyridine rings is 1. The molecule has 0 radical (unpaired) electrons. The van der Waals surface area contributed by atoms with Crippen LogP contribution in [0.5, 0.6) is 0 Å². The third-order valence-electron chi connectivity index (χ3n) is 2.93. The molecule has 5 nitrogen and oxygen atoms in total.